The Labute approximate surface area is 124 Å². The van der Waals surface area contributed by atoms with E-state index in [1.165, 1.54) is 18.2 Å². The van der Waals surface area contributed by atoms with Crippen molar-refractivity contribution in [3.63, 3.8) is 0 Å². The average Bonchev–Trinajstić information content (AvgIpc) is 2.91. The first-order chi connectivity index (χ1) is 9.97. The van der Waals surface area contributed by atoms with E-state index in [-0.39, 0.29) is 17.7 Å². The average molecular weight is 295 g/mol. The van der Waals surface area contributed by atoms with E-state index in [1.54, 1.807) is 13.8 Å². The second kappa shape index (κ2) is 6.89. The molecule has 2 rings (SSSR count). The molecule has 2 unspecified atom stereocenters. The highest BCUT2D eigenvalue weighted by molar-refractivity contribution is 5.81. The second-order valence-corrected chi connectivity index (χ2v) is 5.61. The number of benzene rings is 1. The summed E-state index contributed by atoms with van der Waals surface area (Å²) in [5.41, 5.74) is 0.469. The van der Waals surface area contributed by atoms with Gasteiger partial charge in [-0.3, -0.25) is 4.79 Å². The fourth-order valence-corrected chi connectivity index (χ4v) is 2.59. The minimum absolute atomic E-state index is 0.206. The Morgan fingerprint density at radius 2 is 2.05 bits per heavy atom. The van der Waals surface area contributed by atoms with E-state index in [0.29, 0.717) is 5.56 Å². The first kappa shape index (κ1) is 15.8. The third kappa shape index (κ3) is 4.17. The molecule has 0 heterocycles. The maximum absolute atomic E-state index is 13.3. The van der Waals surface area contributed by atoms with Crippen molar-refractivity contribution < 1.29 is 19.0 Å². The topological polar surface area (TPSA) is 58.6 Å². The molecule has 1 aliphatic carbocycles. The molecule has 1 aliphatic rings. The molecule has 0 spiro atoms. The van der Waals surface area contributed by atoms with Crippen LogP contribution in [0.3, 0.4) is 0 Å². The molecule has 1 saturated carbocycles. The van der Waals surface area contributed by atoms with Gasteiger partial charge in [0.05, 0.1) is 6.10 Å². The lowest BCUT2D eigenvalue weighted by atomic mass is 10.1. The number of ether oxygens (including phenoxy) is 1. The summed E-state index contributed by atoms with van der Waals surface area (Å²) in [5.74, 6) is -0.459. The van der Waals surface area contributed by atoms with Crippen molar-refractivity contribution in [2.24, 2.45) is 0 Å². The minimum atomic E-state index is -0.786. The van der Waals surface area contributed by atoms with Gasteiger partial charge < -0.3 is 15.2 Å². The number of nitrogens with one attached hydrogen (secondary N) is 1. The van der Waals surface area contributed by atoms with Crippen molar-refractivity contribution in [1.29, 1.82) is 0 Å². The Bertz CT molecular complexity index is 498. The van der Waals surface area contributed by atoms with Gasteiger partial charge in [-0.05, 0) is 38.8 Å². The molecule has 0 aliphatic heterocycles. The number of hydrogen-bond donors (Lipinski definition) is 2. The van der Waals surface area contributed by atoms with Gasteiger partial charge in [0.25, 0.3) is 5.91 Å². The lowest BCUT2D eigenvalue weighted by Crippen LogP contribution is -2.41. The summed E-state index contributed by atoms with van der Waals surface area (Å²) in [4.78, 5) is 12.1. The molecular weight excluding hydrogens is 273 g/mol. The zero-order valence-electron chi connectivity index (χ0n) is 12.4. The zero-order valence-corrected chi connectivity index (χ0v) is 12.4. The minimum Gasteiger partial charge on any atom is -0.480 e. The molecule has 1 aromatic carbocycles. The summed E-state index contributed by atoms with van der Waals surface area (Å²) in [6, 6.07) is 4.14. The number of rotatable bonds is 5. The molecule has 0 saturated heterocycles. The normalized spacial score (nSPS) is 18.3. The first-order valence-corrected chi connectivity index (χ1v) is 7.42. The largest absolute Gasteiger partial charge is 0.480 e. The molecule has 1 fully saturated rings. The molecule has 1 amide bonds. The maximum atomic E-state index is 13.3. The van der Waals surface area contributed by atoms with Crippen molar-refractivity contribution in [2.45, 2.75) is 57.8 Å². The van der Waals surface area contributed by atoms with Crippen LogP contribution in [0.25, 0.3) is 0 Å². The van der Waals surface area contributed by atoms with Gasteiger partial charge in [-0.15, -0.1) is 0 Å². The van der Waals surface area contributed by atoms with Crippen LogP contribution in [0.4, 0.5) is 4.39 Å². The Morgan fingerprint density at radius 3 is 2.67 bits per heavy atom. The molecule has 116 valence electrons. The summed E-state index contributed by atoms with van der Waals surface area (Å²) in [6.45, 7) is 3.20. The quantitative estimate of drug-likeness (QED) is 0.878. The standard InChI is InChI=1S/C16H22FNO3/c1-10(19)14-8-7-12(17)9-15(14)21-11(2)16(20)18-13-5-3-4-6-13/h7-11,13,19H,3-6H2,1-2H3,(H,18,20). The first-order valence-electron chi connectivity index (χ1n) is 7.42. The van der Waals surface area contributed by atoms with Gasteiger partial charge in [-0.1, -0.05) is 12.8 Å². The van der Waals surface area contributed by atoms with Crippen LogP contribution in [0.1, 0.15) is 51.2 Å². The highest BCUT2D eigenvalue weighted by atomic mass is 19.1. The molecule has 0 aromatic heterocycles. The lowest BCUT2D eigenvalue weighted by Gasteiger charge is -2.20. The number of carbonyl (C=O) groups is 1. The van der Waals surface area contributed by atoms with E-state index >= 15 is 0 Å². The summed E-state index contributed by atoms with van der Waals surface area (Å²) in [5, 5.41) is 12.6. The number of hydrogen-bond acceptors (Lipinski definition) is 3. The van der Waals surface area contributed by atoms with Crippen LogP contribution in [0, 0.1) is 5.82 Å². The van der Waals surface area contributed by atoms with E-state index in [2.05, 4.69) is 5.32 Å². The molecule has 1 aromatic rings. The Hall–Kier alpha value is -1.62. The third-order valence-corrected chi connectivity index (χ3v) is 3.80. The van der Waals surface area contributed by atoms with Gasteiger partial charge >= 0.3 is 0 Å². The van der Waals surface area contributed by atoms with Crippen LogP contribution >= 0.6 is 0 Å². The Balaban J connectivity index is 2.02. The van der Waals surface area contributed by atoms with Crippen LogP contribution in [-0.2, 0) is 4.79 Å². The monoisotopic (exact) mass is 295 g/mol. The molecule has 0 radical (unpaired) electrons. The van der Waals surface area contributed by atoms with Crippen LogP contribution in [0.5, 0.6) is 5.75 Å². The molecule has 2 atom stereocenters. The smallest absolute Gasteiger partial charge is 0.260 e. The van der Waals surface area contributed by atoms with E-state index in [1.807, 2.05) is 0 Å². The maximum Gasteiger partial charge on any atom is 0.260 e. The second-order valence-electron chi connectivity index (χ2n) is 5.61. The Kier molecular flexibility index (Phi) is 5.17. The predicted molar refractivity (Wildman–Crippen MR) is 77.5 cm³/mol. The van der Waals surface area contributed by atoms with Crippen molar-refractivity contribution in [1.82, 2.24) is 5.32 Å². The van der Waals surface area contributed by atoms with E-state index in [9.17, 15) is 14.3 Å². The SMILES string of the molecule is CC(Oc1cc(F)ccc1C(C)O)C(=O)NC1CCCC1. The fourth-order valence-electron chi connectivity index (χ4n) is 2.59. The van der Waals surface area contributed by atoms with Crippen molar-refractivity contribution in [3.8, 4) is 5.75 Å². The molecule has 5 heteroatoms. The van der Waals surface area contributed by atoms with Crippen LogP contribution in [-0.4, -0.2) is 23.2 Å². The van der Waals surface area contributed by atoms with Gasteiger partial charge in [0.1, 0.15) is 11.6 Å². The zero-order chi connectivity index (χ0) is 15.4. The van der Waals surface area contributed by atoms with E-state index in [0.717, 1.165) is 25.7 Å². The summed E-state index contributed by atoms with van der Waals surface area (Å²) < 4.78 is 18.9. The molecule has 21 heavy (non-hydrogen) atoms. The number of amides is 1. The van der Waals surface area contributed by atoms with Gasteiger partial charge in [0.2, 0.25) is 0 Å². The van der Waals surface area contributed by atoms with Gasteiger partial charge in [0.15, 0.2) is 6.10 Å². The van der Waals surface area contributed by atoms with Crippen molar-refractivity contribution in [3.05, 3.63) is 29.6 Å². The number of carbonyl (C=O) groups excluding carboxylic acids is 1. The van der Waals surface area contributed by atoms with Gasteiger partial charge in [-0.2, -0.15) is 0 Å². The number of halogens is 1. The van der Waals surface area contributed by atoms with E-state index < -0.39 is 18.0 Å². The third-order valence-electron chi connectivity index (χ3n) is 3.80. The predicted octanol–water partition coefficient (Wildman–Crippen LogP) is 2.71. The van der Waals surface area contributed by atoms with Crippen molar-refractivity contribution in [2.75, 3.05) is 0 Å². The van der Waals surface area contributed by atoms with Crippen LogP contribution < -0.4 is 10.1 Å². The summed E-state index contributed by atoms with van der Waals surface area (Å²) in [7, 11) is 0. The van der Waals surface area contributed by atoms with E-state index in [4.69, 9.17) is 4.74 Å². The molecular formula is C16H22FNO3. The van der Waals surface area contributed by atoms with Crippen molar-refractivity contribution >= 4 is 5.91 Å². The highest BCUT2D eigenvalue weighted by Gasteiger charge is 2.23. The lowest BCUT2D eigenvalue weighted by molar-refractivity contribution is -0.128. The highest BCUT2D eigenvalue weighted by Crippen LogP contribution is 2.27. The molecule has 0 bridgehead atoms. The summed E-state index contributed by atoms with van der Waals surface area (Å²) >= 11 is 0. The number of aliphatic hydroxyl groups is 1. The molecule has 2 N–H and O–H groups in total. The Morgan fingerprint density at radius 1 is 1.38 bits per heavy atom. The van der Waals surface area contributed by atoms with Crippen LogP contribution in [0.2, 0.25) is 0 Å². The van der Waals surface area contributed by atoms with Gasteiger partial charge in [-0.25, -0.2) is 4.39 Å². The fraction of sp³-hybridized carbons (Fsp3) is 0.562. The summed E-state index contributed by atoms with van der Waals surface area (Å²) in [6.07, 6.45) is 2.75. The van der Waals surface area contributed by atoms with Crippen LogP contribution in [0.15, 0.2) is 18.2 Å². The molecule has 4 nitrogen and oxygen atoms in total. The number of aliphatic hydroxyl groups excluding tert-OH is 1. The van der Waals surface area contributed by atoms with Gasteiger partial charge in [0, 0.05) is 17.7 Å².